The van der Waals surface area contributed by atoms with E-state index in [2.05, 4.69) is 45.5 Å². The highest BCUT2D eigenvalue weighted by molar-refractivity contribution is 5.94. The summed E-state index contributed by atoms with van der Waals surface area (Å²) in [6, 6.07) is 17.9. The van der Waals surface area contributed by atoms with Gasteiger partial charge in [0.25, 0.3) is 0 Å². The van der Waals surface area contributed by atoms with Gasteiger partial charge in [0.2, 0.25) is 0 Å². The molecule has 0 radical (unpaired) electrons. The molecule has 2 N–H and O–H groups in total. The van der Waals surface area contributed by atoms with Crippen molar-refractivity contribution in [3.05, 3.63) is 90.4 Å². The molecule has 0 fully saturated rings. The van der Waals surface area contributed by atoms with Crippen molar-refractivity contribution in [3.8, 4) is 5.75 Å². The molecule has 1 atom stereocenters. The van der Waals surface area contributed by atoms with Gasteiger partial charge in [-0.3, -0.25) is 4.98 Å². The fourth-order valence-electron chi connectivity index (χ4n) is 3.56. The number of nitrogens with one attached hydrogen (secondary N) is 1. The number of carbonyl (C=O) groups is 1. The van der Waals surface area contributed by atoms with Gasteiger partial charge in [0.15, 0.2) is 0 Å². The van der Waals surface area contributed by atoms with Crippen molar-refractivity contribution in [1.29, 1.82) is 0 Å². The van der Waals surface area contributed by atoms with Crippen LogP contribution < -0.4 is 15.0 Å². The molecule has 2 aromatic carbocycles. The maximum atomic E-state index is 11.3. The van der Waals surface area contributed by atoms with Gasteiger partial charge in [0.1, 0.15) is 5.75 Å². The Hall–Kier alpha value is -3.80. The predicted molar refractivity (Wildman–Crippen MR) is 118 cm³/mol. The second kappa shape index (κ2) is 8.69. The van der Waals surface area contributed by atoms with E-state index >= 15 is 0 Å². The number of rotatable bonds is 6. The van der Waals surface area contributed by atoms with Crippen LogP contribution in [0.4, 0.5) is 17.1 Å². The molecule has 0 spiro atoms. The largest absolute Gasteiger partial charge is 0.493 e. The van der Waals surface area contributed by atoms with Gasteiger partial charge in [-0.2, -0.15) is 0 Å². The van der Waals surface area contributed by atoms with Crippen molar-refractivity contribution in [3.63, 3.8) is 0 Å². The molecule has 0 aliphatic carbocycles. The molecule has 6 nitrogen and oxygen atoms in total. The normalized spacial score (nSPS) is 15.3. The number of hydrogen-bond donors (Lipinski definition) is 2. The van der Waals surface area contributed by atoms with Gasteiger partial charge in [-0.05, 0) is 36.9 Å². The number of pyridine rings is 1. The molecule has 4 rings (SSSR count). The van der Waals surface area contributed by atoms with Crippen LogP contribution in [0.3, 0.4) is 0 Å². The average molecular weight is 401 g/mol. The number of carboxylic acid groups (broad SMARTS) is 1. The minimum atomic E-state index is -0.986. The zero-order valence-electron chi connectivity index (χ0n) is 16.7. The van der Waals surface area contributed by atoms with E-state index < -0.39 is 5.97 Å². The Balaban J connectivity index is 1.52. The van der Waals surface area contributed by atoms with E-state index in [1.165, 1.54) is 18.5 Å². The fourth-order valence-corrected chi connectivity index (χ4v) is 3.56. The second-order valence-corrected chi connectivity index (χ2v) is 7.09. The third kappa shape index (κ3) is 4.12. The minimum absolute atomic E-state index is 0.183. The Morgan fingerprint density at radius 3 is 2.83 bits per heavy atom. The summed E-state index contributed by atoms with van der Waals surface area (Å²) in [6.07, 6.45) is 7.67. The Labute approximate surface area is 175 Å². The Bertz CT molecular complexity index is 1070. The summed E-state index contributed by atoms with van der Waals surface area (Å²) in [4.78, 5) is 17.4. The molecule has 152 valence electrons. The Morgan fingerprint density at radius 1 is 1.20 bits per heavy atom. The number of anilines is 3. The number of aromatic nitrogens is 1. The molecule has 3 aromatic rings. The maximum Gasteiger partial charge on any atom is 0.337 e. The predicted octanol–water partition coefficient (Wildman–Crippen LogP) is 5.04. The SMILES string of the molecule is CN(c1ccccc1)c1ccc2c(c1)OCCC2/C=C/Nc1cnccc1C(=O)O. The molecular weight excluding hydrogens is 378 g/mol. The van der Waals surface area contributed by atoms with Crippen LogP contribution in [-0.4, -0.2) is 29.7 Å². The standard InChI is InChI=1S/C24H23N3O3/c1-27(18-5-3-2-4-6-18)19-7-8-20-17(11-14-30-23(20)15-19)9-13-26-22-16-25-12-10-21(22)24(28)29/h2-10,12-13,15-17,26H,11,14H2,1H3,(H,28,29)/b13-9+. The lowest BCUT2D eigenvalue weighted by atomic mass is 9.92. The molecule has 1 aliphatic rings. The van der Waals surface area contributed by atoms with Crippen LogP contribution >= 0.6 is 0 Å². The van der Waals surface area contributed by atoms with Gasteiger partial charge in [-0.15, -0.1) is 0 Å². The monoisotopic (exact) mass is 401 g/mol. The number of aromatic carboxylic acids is 1. The van der Waals surface area contributed by atoms with Gasteiger partial charge in [0.05, 0.1) is 24.1 Å². The highest BCUT2D eigenvalue weighted by Crippen LogP contribution is 2.38. The van der Waals surface area contributed by atoms with Gasteiger partial charge < -0.3 is 20.1 Å². The first-order valence-electron chi connectivity index (χ1n) is 9.79. The molecule has 0 saturated carbocycles. The number of nitrogens with zero attached hydrogens (tertiary/aromatic N) is 2. The third-order valence-electron chi connectivity index (χ3n) is 5.23. The lowest BCUT2D eigenvalue weighted by Crippen LogP contribution is -2.15. The van der Waals surface area contributed by atoms with Crippen LogP contribution in [0.1, 0.15) is 28.3 Å². The Kier molecular flexibility index (Phi) is 5.66. The second-order valence-electron chi connectivity index (χ2n) is 7.09. The van der Waals surface area contributed by atoms with Crippen molar-refractivity contribution < 1.29 is 14.6 Å². The van der Waals surface area contributed by atoms with Gasteiger partial charge in [0, 0.05) is 42.2 Å². The van der Waals surface area contributed by atoms with E-state index in [0.29, 0.717) is 12.3 Å². The summed E-state index contributed by atoms with van der Waals surface area (Å²) < 4.78 is 5.93. The van der Waals surface area contributed by atoms with Crippen molar-refractivity contribution in [2.75, 3.05) is 23.9 Å². The molecule has 2 heterocycles. The molecule has 6 heteroatoms. The van der Waals surface area contributed by atoms with Crippen molar-refractivity contribution in [2.45, 2.75) is 12.3 Å². The average Bonchev–Trinajstić information content (AvgIpc) is 2.79. The molecule has 0 amide bonds. The van der Waals surface area contributed by atoms with Crippen LogP contribution in [0.5, 0.6) is 5.75 Å². The topological polar surface area (TPSA) is 74.7 Å². The lowest BCUT2D eigenvalue weighted by Gasteiger charge is -2.26. The number of para-hydroxylation sites is 1. The van der Waals surface area contributed by atoms with Crippen molar-refractivity contribution >= 4 is 23.0 Å². The fraction of sp³-hybridized carbons (Fsp3) is 0.167. The molecule has 0 saturated heterocycles. The van der Waals surface area contributed by atoms with E-state index in [0.717, 1.165) is 29.1 Å². The first kappa shape index (κ1) is 19.5. The quantitative estimate of drug-likeness (QED) is 0.603. The lowest BCUT2D eigenvalue weighted by molar-refractivity contribution is 0.0698. The van der Waals surface area contributed by atoms with E-state index in [1.807, 2.05) is 31.3 Å². The van der Waals surface area contributed by atoms with E-state index in [9.17, 15) is 9.90 Å². The zero-order valence-corrected chi connectivity index (χ0v) is 16.7. The number of carboxylic acids is 1. The number of fused-ring (bicyclic) bond motifs is 1. The molecule has 1 unspecified atom stereocenters. The van der Waals surface area contributed by atoms with Gasteiger partial charge >= 0.3 is 5.97 Å². The van der Waals surface area contributed by atoms with Crippen molar-refractivity contribution in [2.24, 2.45) is 0 Å². The summed E-state index contributed by atoms with van der Waals surface area (Å²) in [7, 11) is 2.04. The van der Waals surface area contributed by atoms with Crippen LogP contribution in [0.25, 0.3) is 0 Å². The van der Waals surface area contributed by atoms with Crippen LogP contribution in [0, 0.1) is 0 Å². The van der Waals surface area contributed by atoms with Crippen LogP contribution in [0.15, 0.2) is 79.3 Å². The van der Waals surface area contributed by atoms with Gasteiger partial charge in [-0.25, -0.2) is 4.79 Å². The number of allylic oxidation sites excluding steroid dienone is 1. The molecular formula is C24H23N3O3. The van der Waals surface area contributed by atoms with Crippen LogP contribution in [0.2, 0.25) is 0 Å². The summed E-state index contributed by atoms with van der Waals surface area (Å²) in [5, 5.41) is 12.3. The van der Waals surface area contributed by atoms with Crippen LogP contribution in [-0.2, 0) is 0 Å². The number of ether oxygens (including phenoxy) is 1. The highest BCUT2D eigenvalue weighted by Gasteiger charge is 2.20. The maximum absolute atomic E-state index is 11.3. The van der Waals surface area contributed by atoms with Gasteiger partial charge in [-0.1, -0.05) is 30.3 Å². The highest BCUT2D eigenvalue weighted by atomic mass is 16.5. The summed E-state index contributed by atoms with van der Waals surface area (Å²) in [5.74, 6) is 0.0749. The molecule has 1 aromatic heterocycles. The summed E-state index contributed by atoms with van der Waals surface area (Å²) in [5.41, 5.74) is 3.95. The summed E-state index contributed by atoms with van der Waals surface area (Å²) in [6.45, 7) is 0.633. The molecule has 30 heavy (non-hydrogen) atoms. The number of hydrogen-bond acceptors (Lipinski definition) is 5. The molecule has 1 aliphatic heterocycles. The Morgan fingerprint density at radius 2 is 2.03 bits per heavy atom. The first-order chi connectivity index (χ1) is 14.6. The van der Waals surface area contributed by atoms with Crippen molar-refractivity contribution in [1.82, 2.24) is 4.98 Å². The third-order valence-corrected chi connectivity index (χ3v) is 5.23. The first-order valence-corrected chi connectivity index (χ1v) is 9.79. The van der Waals surface area contributed by atoms with E-state index in [-0.39, 0.29) is 11.5 Å². The number of benzene rings is 2. The smallest absolute Gasteiger partial charge is 0.337 e. The minimum Gasteiger partial charge on any atom is -0.493 e. The van der Waals surface area contributed by atoms with E-state index in [1.54, 1.807) is 6.20 Å². The summed E-state index contributed by atoms with van der Waals surface area (Å²) >= 11 is 0. The molecule has 0 bridgehead atoms. The van der Waals surface area contributed by atoms with E-state index in [4.69, 9.17) is 4.74 Å². The zero-order chi connectivity index (χ0) is 20.9.